The Morgan fingerprint density at radius 3 is 3.00 bits per heavy atom. The van der Waals surface area contributed by atoms with E-state index in [1.807, 2.05) is 6.07 Å². The van der Waals surface area contributed by atoms with Crippen molar-refractivity contribution >= 4 is 0 Å². The molecule has 1 aliphatic carbocycles. The maximum absolute atomic E-state index is 13.4. The number of likely N-dealkylation sites (tertiary alicyclic amines) is 1. The molecular formula is C16H18FN3O2. The van der Waals surface area contributed by atoms with Crippen LogP contribution in [0.3, 0.4) is 0 Å². The van der Waals surface area contributed by atoms with Gasteiger partial charge in [-0.15, -0.1) is 0 Å². The summed E-state index contributed by atoms with van der Waals surface area (Å²) in [5.74, 6) is 1.56. The molecule has 2 fully saturated rings. The van der Waals surface area contributed by atoms with Gasteiger partial charge in [0.15, 0.2) is 5.82 Å². The molecule has 5 nitrogen and oxygen atoms in total. The molecule has 4 rings (SSSR count). The van der Waals surface area contributed by atoms with Crippen molar-refractivity contribution < 1.29 is 14.0 Å². The fourth-order valence-electron chi connectivity index (χ4n) is 3.13. The van der Waals surface area contributed by atoms with Crippen LogP contribution in [0.5, 0.6) is 0 Å². The Morgan fingerprint density at radius 2 is 2.23 bits per heavy atom. The maximum Gasteiger partial charge on any atom is 0.240 e. The average Bonchev–Trinajstić information content (AvgIpc) is 3.13. The van der Waals surface area contributed by atoms with Gasteiger partial charge in [-0.3, -0.25) is 4.90 Å². The molecule has 2 heterocycles. The van der Waals surface area contributed by atoms with E-state index >= 15 is 0 Å². The number of β-amino-alcohol motifs (C(OH)–C–C–N with tert-alkyl or cyclic N) is 1. The predicted molar refractivity (Wildman–Crippen MR) is 76.4 cm³/mol. The van der Waals surface area contributed by atoms with Crippen LogP contribution in [0.25, 0.3) is 0 Å². The van der Waals surface area contributed by atoms with Gasteiger partial charge in [0.05, 0.1) is 12.6 Å². The number of halogens is 1. The van der Waals surface area contributed by atoms with E-state index in [0.717, 1.165) is 24.2 Å². The third-order valence-corrected chi connectivity index (χ3v) is 4.38. The Balaban J connectivity index is 1.53. The highest BCUT2D eigenvalue weighted by Gasteiger charge is 2.34. The van der Waals surface area contributed by atoms with Crippen LogP contribution in [-0.2, 0) is 6.54 Å². The van der Waals surface area contributed by atoms with Crippen LogP contribution in [0.4, 0.5) is 4.39 Å². The van der Waals surface area contributed by atoms with Gasteiger partial charge in [0.2, 0.25) is 5.89 Å². The Kier molecular flexibility index (Phi) is 3.43. The summed E-state index contributed by atoms with van der Waals surface area (Å²) in [7, 11) is 0. The average molecular weight is 303 g/mol. The number of benzene rings is 1. The van der Waals surface area contributed by atoms with Gasteiger partial charge in [0.25, 0.3) is 0 Å². The minimum Gasteiger partial charge on any atom is -0.392 e. The van der Waals surface area contributed by atoms with Crippen molar-refractivity contribution in [3.8, 4) is 0 Å². The second kappa shape index (κ2) is 5.44. The Morgan fingerprint density at radius 1 is 1.36 bits per heavy atom. The maximum atomic E-state index is 13.4. The summed E-state index contributed by atoms with van der Waals surface area (Å²) < 4.78 is 18.8. The van der Waals surface area contributed by atoms with Gasteiger partial charge < -0.3 is 9.63 Å². The number of aliphatic hydroxyl groups is 1. The van der Waals surface area contributed by atoms with E-state index in [0.29, 0.717) is 31.3 Å². The van der Waals surface area contributed by atoms with E-state index in [1.54, 1.807) is 6.07 Å². The molecule has 1 saturated heterocycles. The molecule has 2 aliphatic rings. The van der Waals surface area contributed by atoms with Crippen LogP contribution in [-0.4, -0.2) is 32.8 Å². The molecule has 1 aromatic carbocycles. The van der Waals surface area contributed by atoms with Crippen molar-refractivity contribution in [3.05, 3.63) is 47.4 Å². The lowest BCUT2D eigenvalue weighted by atomic mass is 10.0. The van der Waals surface area contributed by atoms with Crippen LogP contribution in [0, 0.1) is 5.82 Å². The van der Waals surface area contributed by atoms with Gasteiger partial charge in [0.1, 0.15) is 5.82 Å². The topological polar surface area (TPSA) is 62.4 Å². The molecule has 1 N–H and O–H groups in total. The lowest BCUT2D eigenvalue weighted by Gasteiger charge is -2.22. The summed E-state index contributed by atoms with van der Waals surface area (Å²) in [4.78, 5) is 6.50. The zero-order valence-corrected chi connectivity index (χ0v) is 12.2. The first-order valence-electron chi connectivity index (χ1n) is 7.69. The standard InChI is InChI=1S/C16H18FN3O2/c17-12-3-1-2-11(6-12)14-7-13(21)8-20(14)9-15-18-16(19-22-15)10-4-5-10/h1-3,6,10,13-14,21H,4-5,7-9H2. The van der Waals surface area contributed by atoms with Gasteiger partial charge in [-0.05, 0) is 37.0 Å². The zero-order chi connectivity index (χ0) is 15.1. The second-order valence-corrected chi connectivity index (χ2v) is 6.21. The first-order valence-corrected chi connectivity index (χ1v) is 7.69. The molecule has 1 saturated carbocycles. The highest BCUT2D eigenvalue weighted by Crippen LogP contribution is 2.38. The number of rotatable bonds is 4. The van der Waals surface area contributed by atoms with E-state index in [-0.39, 0.29) is 11.9 Å². The largest absolute Gasteiger partial charge is 0.392 e. The molecule has 22 heavy (non-hydrogen) atoms. The van der Waals surface area contributed by atoms with Crippen molar-refractivity contribution in [2.75, 3.05) is 6.54 Å². The first kappa shape index (κ1) is 13.8. The molecule has 6 heteroatoms. The highest BCUT2D eigenvalue weighted by molar-refractivity contribution is 5.22. The quantitative estimate of drug-likeness (QED) is 0.939. The lowest BCUT2D eigenvalue weighted by Crippen LogP contribution is -2.24. The number of hydrogen-bond donors (Lipinski definition) is 1. The summed E-state index contributed by atoms with van der Waals surface area (Å²) in [6.45, 7) is 1.01. The molecule has 0 radical (unpaired) electrons. The Labute approximate surface area is 127 Å². The smallest absolute Gasteiger partial charge is 0.240 e. The molecule has 1 aliphatic heterocycles. The third kappa shape index (κ3) is 2.76. The molecular weight excluding hydrogens is 285 g/mol. The number of aliphatic hydroxyl groups excluding tert-OH is 1. The van der Waals surface area contributed by atoms with E-state index in [1.165, 1.54) is 12.1 Å². The third-order valence-electron chi connectivity index (χ3n) is 4.38. The van der Waals surface area contributed by atoms with Crippen LogP contribution in [0.15, 0.2) is 28.8 Å². The lowest BCUT2D eigenvalue weighted by molar-refractivity contribution is 0.164. The fraction of sp³-hybridized carbons (Fsp3) is 0.500. The van der Waals surface area contributed by atoms with Crippen molar-refractivity contribution in [2.45, 2.75) is 43.9 Å². The van der Waals surface area contributed by atoms with Crippen molar-refractivity contribution in [1.82, 2.24) is 15.0 Å². The number of nitrogens with zero attached hydrogens (tertiary/aromatic N) is 3. The number of hydrogen-bond acceptors (Lipinski definition) is 5. The molecule has 0 spiro atoms. The van der Waals surface area contributed by atoms with Gasteiger partial charge in [0, 0.05) is 18.5 Å². The summed E-state index contributed by atoms with van der Waals surface area (Å²) in [6, 6.07) is 6.52. The molecule has 0 amide bonds. The Bertz CT molecular complexity index is 671. The molecule has 0 bridgehead atoms. The summed E-state index contributed by atoms with van der Waals surface area (Å²) >= 11 is 0. The van der Waals surface area contributed by atoms with E-state index in [2.05, 4.69) is 15.0 Å². The van der Waals surface area contributed by atoms with Crippen LogP contribution >= 0.6 is 0 Å². The molecule has 1 aromatic heterocycles. The van der Waals surface area contributed by atoms with E-state index in [9.17, 15) is 9.50 Å². The van der Waals surface area contributed by atoms with Crippen LogP contribution < -0.4 is 0 Å². The summed E-state index contributed by atoms with van der Waals surface area (Å²) in [6.07, 6.45) is 2.44. The van der Waals surface area contributed by atoms with Gasteiger partial charge in [-0.2, -0.15) is 4.98 Å². The minimum absolute atomic E-state index is 0.0259. The molecule has 2 unspecified atom stereocenters. The summed E-state index contributed by atoms with van der Waals surface area (Å²) in [5, 5.41) is 14.0. The van der Waals surface area contributed by atoms with Crippen LogP contribution in [0.1, 0.15) is 48.5 Å². The van der Waals surface area contributed by atoms with E-state index in [4.69, 9.17) is 4.52 Å². The predicted octanol–water partition coefficient (Wildman–Crippen LogP) is 2.39. The normalized spacial score (nSPS) is 25.7. The SMILES string of the molecule is OC1CC(c2cccc(F)c2)N(Cc2nc(C3CC3)no2)C1. The zero-order valence-electron chi connectivity index (χ0n) is 12.2. The van der Waals surface area contributed by atoms with Crippen molar-refractivity contribution in [1.29, 1.82) is 0 Å². The second-order valence-electron chi connectivity index (χ2n) is 6.21. The number of aromatic nitrogens is 2. The Hall–Kier alpha value is -1.79. The molecule has 116 valence electrons. The van der Waals surface area contributed by atoms with Crippen LogP contribution in [0.2, 0.25) is 0 Å². The highest BCUT2D eigenvalue weighted by atomic mass is 19.1. The van der Waals surface area contributed by atoms with Crippen molar-refractivity contribution in [2.24, 2.45) is 0 Å². The monoisotopic (exact) mass is 303 g/mol. The van der Waals surface area contributed by atoms with Crippen molar-refractivity contribution in [3.63, 3.8) is 0 Å². The fourth-order valence-corrected chi connectivity index (χ4v) is 3.13. The van der Waals surface area contributed by atoms with Gasteiger partial charge in [-0.1, -0.05) is 17.3 Å². The molecule has 2 aromatic rings. The summed E-state index contributed by atoms with van der Waals surface area (Å²) in [5.41, 5.74) is 0.874. The van der Waals surface area contributed by atoms with Gasteiger partial charge in [-0.25, -0.2) is 4.39 Å². The first-order chi connectivity index (χ1) is 10.7. The molecule has 2 atom stereocenters. The minimum atomic E-state index is -0.418. The van der Waals surface area contributed by atoms with Gasteiger partial charge >= 0.3 is 0 Å². The van der Waals surface area contributed by atoms with E-state index < -0.39 is 6.10 Å².